The minimum atomic E-state index is 0.553. The zero-order valence-electron chi connectivity index (χ0n) is 12.1. The van der Waals surface area contributed by atoms with Crippen LogP contribution in [0.3, 0.4) is 0 Å². The molecule has 2 nitrogen and oxygen atoms in total. The molecule has 1 aliphatic carbocycles. The van der Waals surface area contributed by atoms with Gasteiger partial charge in [-0.1, -0.05) is 43.7 Å². The fourth-order valence-corrected chi connectivity index (χ4v) is 2.43. The summed E-state index contributed by atoms with van der Waals surface area (Å²) in [5.74, 6) is 0.850. The topological polar surface area (TPSA) is 21.3 Å². The Kier molecular flexibility index (Phi) is 6.38. The van der Waals surface area contributed by atoms with E-state index in [0.717, 1.165) is 32.1 Å². The van der Waals surface area contributed by atoms with E-state index in [-0.39, 0.29) is 0 Å². The maximum Gasteiger partial charge on any atom is 0.0478 e. The van der Waals surface area contributed by atoms with Gasteiger partial charge in [-0.3, -0.25) is 0 Å². The Morgan fingerprint density at radius 1 is 1.16 bits per heavy atom. The van der Waals surface area contributed by atoms with E-state index < -0.39 is 0 Å². The number of hydrogen-bond acceptors (Lipinski definition) is 2. The van der Waals surface area contributed by atoms with Crippen molar-refractivity contribution < 1.29 is 4.74 Å². The lowest BCUT2D eigenvalue weighted by molar-refractivity contribution is 0.128. The van der Waals surface area contributed by atoms with Crippen LogP contribution in [0.25, 0.3) is 0 Å². The highest BCUT2D eigenvalue weighted by molar-refractivity contribution is 5.21. The summed E-state index contributed by atoms with van der Waals surface area (Å²) in [6.07, 6.45) is 6.26. The highest BCUT2D eigenvalue weighted by Gasteiger charge is 2.31. The van der Waals surface area contributed by atoms with Gasteiger partial charge in [0.25, 0.3) is 0 Å². The smallest absolute Gasteiger partial charge is 0.0478 e. The van der Waals surface area contributed by atoms with Gasteiger partial charge in [-0.15, -0.1) is 0 Å². The van der Waals surface area contributed by atoms with Crippen LogP contribution in [0.5, 0.6) is 0 Å². The van der Waals surface area contributed by atoms with Crippen LogP contribution in [-0.4, -0.2) is 19.8 Å². The zero-order valence-corrected chi connectivity index (χ0v) is 12.1. The van der Waals surface area contributed by atoms with Crippen molar-refractivity contribution in [3.63, 3.8) is 0 Å². The third-order valence-electron chi connectivity index (χ3n) is 3.72. The summed E-state index contributed by atoms with van der Waals surface area (Å²) in [6.45, 7) is 5.06. The number of hydrogen-bond donors (Lipinski definition) is 1. The van der Waals surface area contributed by atoms with E-state index >= 15 is 0 Å². The molecule has 1 saturated carbocycles. The van der Waals surface area contributed by atoms with Crippen LogP contribution in [0.2, 0.25) is 0 Å². The Bertz CT molecular complexity index is 334. The Hall–Kier alpha value is -0.860. The van der Waals surface area contributed by atoms with Gasteiger partial charge < -0.3 is 10.1 Å². The lowest BCUT2D eigenvalue weighted by atomic mass is 10.0. The molecule has 19 heavy (non-hydrogen) atoms. The van der Waals surface area contributed by atoms with E-state index in [9.17, 15) is 0 Å². The van der Waals surface area contributed by atoms with Crippen molar-refractivity contribution in [1.29, 1.82) is 0 Å². The third-order valence-corrected chi connectivity index (χ3v) is 3.72. The number of unbranched alkanes of at least 4 members (excludes halogenated alkanes) is 1. The van der Waals surface area contributed by atoms with E-state index in [0.29, 0.717) is 6.04 Å². The Morgan fingerprint density at radius 2 is 1.89 bits per heavy atom. The van der Waals surface area contributed by atoms with Crippen LogP contribution >= 0.6 is 0 Å². The molecule has 1 aliphatic rings. The first-order chi connectivity index (χ1) is 9.42. The molecule has 2 rings (SSSR count). The van der Waals surface area contributed by atoms with E-state index in [1.165, 1.54) is 31.2 Å². The van der Waals surface area contributed by atoms with Crippen LogP contribution in [-0.2, 0) is 4.74 Å². The van der Waals surface area contributed by atoms with Crippen molar-refractivity contribution >= 4 is 0 Å². The molecule has 1 aromatic carbocycles. The SMILES string of the molecule is CCCCOCCCNC(c1ccccc1)C1CC1. The van der Waals surface area contributed by atoms with Crippen LogP contribution in [0, 0.1) is 5.92 Å². The average Bonchev–Trinajstić information content (AvgIpc) is 3.27. The van der Waals surface area contributed by atoms with Crippen LogP contribution in [0.1, 0.15) is 50.6 Å². The molecule has 0 heterocycles. The molecule has 0 aromatic heterocycles. The number of rotatable bonds is 10. The second-order valence-electron chi connectivity index (χ2n) is 5.50. The van der Waals surface area contributed by atoms with Crippen LogP contribution in [0.4, 0.5) is 0 Å². The lowest BCUT2D eigenvalue weighted by Crippen LogP contribution is -2.25. The van der Waals surface area contributed by atoms with Crippen LogP contribution in [0.15, 0.2) is 30.3 Å². The second-order valence-corrected chi connectivity index (χ2v) is 5.50. The molecule has 0 saturated heterocycles. The summed E-state index contributed by atoms with van der Waals surface area (Å²) in [5.41, 5.74) is 1.44. The molecule has 0 spiro atoms. The van der Waals surface area contributed by atoms with E-state index in [2.05, 4.69) is 42.6 Å². The maximum atomic E-state index is 5.60. The highest BCUT2D eigenvalue weighted by atomic mass is 16.5. The first-order valence-corrected chi connectivity index (χ1v) is 7.78. The van der Waals surface area contributed by atoms with Gasteiger partial charge in [0.2, 0.25) is 0 Å². The number of benzene rings is 1. The minimum absolute atomic E-state index is 0.553. The zero-order chi connectivity index (χ0) is 13.3. The molecule has 0 bridgehead atoms. The first kappa shape index (κ1) is 14.5. The van der Waals surface area contributed by atoms with Gasteiger partial charge >= 0.3 is 0 Å². The predicted molar refractivity (Wildman–Crippen MR) is 80.3 cm³/mol. The molecule has 1 fully saturated rings. The molecule has 1 unspecified atom stereocenters. The average molecular weight is 261 g/mol. The van der Waals surface area contributed by atoms with Crippen molar-refractivity contribution in [2.75, 3.05) is 19.8 Å². The highest BCUT2D eigenvalue weighted by Crippen LogP contribution is 2.40. The van der Waals surface area contributed by atoms with Crippen molar-refractivity contribution in [2.24, 2.45) is 5.92 Å². The molecule has 106 valence electrons. The summed E-state index contributed by atoms with van der Waals surface area (Å²) in [6, 6.07) is 11.4. The molecular weight excluding hydrogens is 234 g/mol. The molecule has 0 amide bonds. The standard InChI is InChI=1S/C17H27NO/c1-2-3-13-19-14-7-12-18-17(16-10-11-16)15-8-5-4-6-9-15/h4-6,8-9,16-18H,2-3,7,10-14H2,1H3. The predicted octanol–water partition coefficient (Wildman–Crippen LogP) is 3.93. The van der Waals surface area contributed by atoms with Crippen LogP contribution < -0.4 is 5.32 Å². The van der Waals surface area contributed by atoms with Gasteiger partial charge in [-0.25, -0.2) is 0 Å². The quantitative estimate of drug-likeness (QED) is 0.644. The van der Waals surface area contributed by atoms with Gasteiger partial charge in [0, 0.05) is 19.3 Å². The Labute approximate surface area is 117 Å². The summed E-state index contributed by atoms with van der Waals surface area (Å²) in [7, 11) is 0. The summed E-state index contributed by atoms with van der Waals surface area (Å²) < 4.78 is 5.60. The molecular formula is C17H27NO. The monoisotopic (exact) mass is 261 g/mol. The fourth-order valence-electron chi connectivity index (χ4n) is 2.43. The Morgan fingerprint density at radius 3 is 2.58 bits per heavy atom. The van der Waals surface area contributed by atoms with Gasteiger partial charge in [0.15, 0.2) is 0 Å². The third kappa shape index (κ3) is 5.33. The summed E-state index contributed by atoms with van der Waals surface area (Å²) in [4.78, 5) is 0. The van der Waals surface area contributed by atoms with Gasteiger partial charge in [0.05, 0.1) is 0 Å². The molecule has 1 N–H and O–H groups in total. The molecule has 1 aromatic rings. The number of ether oxygens (including phenoxy) is 1. The molecule has 0 aliphatic heterocycles. The molecule has 1 atom stereocenters. The minimum Gasteiger partial charge on any atom is -0.381 e. The fraction of sp³-hybridized carbons (Fsp3) is 0.647. The normalized spacial score (nSPS) is 16.5. The maximum absolute atomic E-state index is 5.60. The number of nitrogens with one attached hydrogen (secondary N) is 1. The van der Waals surface area contributed by atoms with Gasteiger partial charge in [-0.2, -0.15) is 0 Å². The van der Waals surface area contributed by atoms with E-state index in [1.807, 2.05) is 0 Å². The van der Waals surface area contributed by atoms with Crippen molar-refractivity contribution in [3.8, 4) is 0 Å². The van der Waals surface area contributed by atoms with Crippen molar-refractivity contribution in [2.45, 2.75) is 45.1 Å². The largest absolute Gasteiger partial charge is 0.381 e. The second kappa shape index (κ2) is 8.34. The van der Waals surface area contributed by atoms with Gasteiger partial charge in [0.1, 0.15) is 0 Å². The Balaban J connectivity index is 1.65. The molecule has 0 radical (unpaired) electrons. The lowest BCUT2D eigenvalue weighted by Gasteiger charge is -2.18. The summed E-state index contributed by atoms with van der Waals surface area (Å²) in [5, 5.41) is 3.71. The van der Waals surface area contributed by atoms with Gasteiger partial charge in [-0.05, 0) is 43.7 Å². The summed E-state index contributed by atoms with van der Waals surface area (Å²) >= 11 is 0. The van der Waals surface area contributed by atoms with Crippen molar-refractivity contribution in [3.05, 3.63) is 35.9 Å². The van der Waals surface area contributed by atoms with E-state index in [1.54, 1.807) is 0 Å². The van der Waals surface area contributed by atoms with Crippen molar-refractivity contribution in [1.82, 2.24) is 5.32 Å². The molecule has 2 heteroatoms. The first-order valence-electron chi connectivity index (χ1n) is 7.78. The van der Waals surface area contributed by atoms with E-state index in [4.69, 9.17) is 4.74 Å².